The molecule has 6 heteroatoms. The normalized spacial score (nSPS) is 17.2. The van der Waals surface area contributed by atoms with Gasteiger partial charge in [-0.15, -0.1) is 0 Å². The van der Waals surface area contributed by atoms with E-state index in [2.05, 4.69) is 77.9 Å². The maximum Gasteiger partial charge on any atom is 0.191 e. The fraction of sp³-hybridized carbons (Fsp3) is 0.565. The van der Waals surface area contributed by atoms with Crippen molar-refractivity contribution in [2.75, 3.05) is 31.1 Å². The lowest BCUT2D eigenvalue weighted by atomic mass is 9.99. The molecular weight excluding hydrogens is 362 g/mol. The van der Waals surface area contributed by atoms with Gasteiger partial charge < -0.3 is 20.1 Å². The molecule has 29 heavy (non-hydrogen) atoms. The lowest BCUT2D eigenvalue weighted by Crippen LogP contribution is -2.40. The monoisotopic (exact) mass is 397 g/mol. The van der Waals surface area contributed by atoms with Crippen molar-refractivity contribution in [1.82, 2.24) is 15.8 Å². The number of para-hydroxylation sites is 1. The minimum atomic E-state index is 0.470. The van der Waals surface area contributed by atoms with Gasteiger partial charge in [-0.05, 0) is 44.2 Å². The molecule has 1 aliphatic heterocycles. The molecule has 0 aliphatic carbocycles. The number of aliphatic imine (C=N–C) groups is 1. The summed E-state index contributed by atoms with van der Waals surface area (Å²) < 4.78 is 5.50. The number of rotatable bonds is 9. The highest BCUT2D eigenvalue weighted by Crippen LogP contribution is 2.23. The fourth-order valence-electron chi connectivity index (χ4n) is 3.92. The van der Waals surface area contributed by atoms with E-state index >= 15 is 0 Å². The first kappa shape index (κ1) is 21.2. The lowest BCUT2D eigenvalue weighted by Gasteiger charge is -2.19. The number of hydrogen-bond donors (Lipinski definition) is 2. The van der Waals surface area contributed by atoms with Crippen LogP contribution in [0.2, 0.25) is 0 Å². The number of anilines is 1. The lowest BCUT2D eigenvalue weighted by molar-refractivity contribution is 0.372. The summed E-state index contributed by atoms with van der Waals surface area (Å²) in [5.74, 6) is 2.75. The summed E-state index contributed by atoms with van der Waals surface area (Å²) in [6.07, 6.45) is 3.36. The van der Waals surface area contributed by atoms with Gasteiger partial charge >= 0.3 is 0 Å². The zero-order valence-corrected chi connectivity index (χ0v) is 18.0. The fourth-order valence-corrected chi connectivity index (χ4v) is 3.92. The Morgan fingerprint density at radius 1 is 1.21 bits per heavy atom. The van der Waals surface area contributed by atoms with Crippen LogP contribution in [0.15, 0.2) is 45.9 Å². The van der Waals surface area contributed by atoms with E-state index in [0.717, 1.165) is 56.4 Å². The molecule has 1 aliphatic rings. The van der Waals surface area contributed by atoms with Gasteiger partial charge in [0.1, 0.15) is 6.54 Å². The van der Waals surface area contributed by atoms with E-state index in [0.29, 0.717) is 18.4 Å². The quantitative estimate of drug-likeness (QED) is 0.491. The van der Waals surface area contributed by atoms with E-state index < -0.39 is 0 Å². The topological polar surface area (TPSA) is 65.7 Å². The third-order valence-corrected chi connectivity index (χ3v) is 5.68. The van der Waals surface area contributed by atoms with Crippen LogP contribution in [0.25, 0.3) is 0 Å². The van der Waals surface area contributed by atoms with Crippen LogP contribution in [0.5, 0.6) is 0 Å². The largest absolute Gasteiger partial charge is 0.371 e. The minimum Gasteiger partial charge on any atom is -0.371 e. The van der Waals surface area contributed by atoms with Crippen molar-refractivity contribution in [2.24, 2.45) is 10.9 Å². The molecule has 1 aromatic carbocycles. The number of guanidine groups is 1. The highest BCUT2D eigenvalue weighted by molar-refractivity contribution is 5.79. The predicted molar refractivity (Wildman–Crippen MR) is 119 cm³/mol. The highest BCUT2D eigenvalue weighted by Gasteiger charge is 2.22. The second kappa shape index (κ2) is 10.9. The second-order valence-electron chi connectivity index (χ2n) is 7.74. The maximum absolute atomic E-state index is 5.50. The van der Waals surface area contributed by atoms with Crippen molar-refractivity contribution in [1.29, 1.82) is 0 Å². The minimum absolute atomic E-state index is 0.470. The Labute approximate surface area is 174 Å². The van der Waals surface area contributed by atoms with Gasteiger partial charge in [0.05, 0.1) is 5.69 Å². The summed E-state index contributed by atoms with van der Waals surface area (Å²) in [7, 11) is 0. The van der Waals surface area contributed by atoms with Gasteiger partial charge in [-0.2, -0.15) is 0 Å². The molecule has 0 amide bonds. The smallest absolute Gasteiger partial charge is 0.191 e. The maximum atomic E-state index is 5.50. The summed E-state index contributed by atoms with van der Waals surface area (Å²) in [4.78, 5) is 7.16. The van der Waals surface area contributed by atoms with E-state index in [1.54, 1.807) is 0 Å². The van der Waals surface area contributed by atoms with E-state index in [4.69, 9.17) is 9.52 Å². The summed E-state index contributed by atoms with van der Waals surface area (Å²) in [5, 5.41) is 11.1. The van der Waals surface area contributed by atoms with Crippen molar-refractivity contribution in [3.05, 3.63) is 47.9 Å². The van der Waals surface area contributed by atoms with Crippen molar-refractivity contribution >= 4 is 11.6 Å². The van der Waals surface area contributed by atoms with Crippen molar-refractivity contribution in [2.45, 2.75) is 52.5 Å². The molecule has 0 bridgehead atoms. The highest BCUT2D eigenvalue weighted by atomic mass is 16.5. The molecule has 2 N–H and O–H groups in total. The molecular formula is C23H35N5O. The molecule has 2 heterocycles. The van der Waals surface area contributed by atoms with Gasteiger partial charge in [-0.3, -0.25) is 0 Å². The van der Waals surface area contributed by atoms with Gasteiger partial charge in [0.2, 0.25) is 0 Å². The van der Waals surface area contributed by atoms with Crippen LogP contribution in [-0.4, -0.2) is 37.3 Å². The van der Waals surface area contributed by atoms with Crippen molar-refractivity contribution < 1.29 is 4.52 Å². The third kappa shape index (κ3) is 5.99. The second-order valence-corrected chi connectivity index (χ2v) is 7.74. The van der Waals surface area contributed by atoms with Crippen LogP contribution in [0.4, 0.5) is 5.69 Å². The van der Waals surface area contributed by atoms with E-state index in [-0.39, 0.29) is 0 Å². The molecule has 1 aromatic heterocycles. The Bertz CT molecular complexity index is 754. The summed E-state index contributed by atoms with van der Waals surface area (Å²) >= 11 is 0. The van der Waals surface area contributed by atoms with Crippen LogP contribution in [0.3, 0.4) is 0 Å². The van der Waals surface area contributed by atoms with Crippen LogP contribution in [0, 0.1) is 5.92 Å². The Balaban J connectivity index is 1.51. The van der Waals surface area contributed by atoms with Crippen molar-refractivity contribution in [3.63, 3.8) is 0 Å². The number of nitrogens with one attached hydrogen (secondary N) is 2. The van der Waals surface area contributed by atoms with E-state index in [1.165, 1.54) is 12.1 Å². The molecule has 2 aromatic rings. The number of hydrogen-bond acceptors (Lipinski definition) is 4. The first-order chi connectivity index (χ1) is 14.2. The van der Waals surface area contributed by atoms with Gasteiger partial charge in [0.15, 0.2) is 11.7 Å². The zero-order chi connectivity index (χ0) is 20.5. The first-order valence-electron chi connectivity index (χ1n) is 11.0. The van der Waals surface area contributed by atoms with Gasteiger partial charge in [-0.1, -0.05) is 37.2 Å². The van der Waals surface area contributed by atoms with Gasteiger partial charge in [0, 0.05) is 43.9 Å². The molecule has 158 valence electrons. The number of benzene rings is 1. The summed E-state index contributed by atoms with van der Waals surface area (Å²) in [6, 6.07) is 12.7. The molecule has 6 nitrogen and oxygen atoms in total. The molecule has 1 unspecified atom stereocenters. The average molecular weight is 398 g/mol. The molecule has 0 spiro atoms. The van der Waals surface area contributed by atoms with Crippen molar-refractivity contribution in [3.8, 4) is 0 Å². The standard InChI is InChI=1S/C23H35N5O/c1-4-19(5-2)22-14-21(29-27-22)16-26-23(24-6-3)25-15-18-12-13-28(17-18)20-10-8-7-9-11-20/h7-11,14,18-19H,4-6,12-13,15-17H2,1-3H3,(H2,24,25,26). The van der Waals surface area contributed by atoms with E-state index in [9.17, 15) is 0 Å². The Hall–Kier alpha value is -2.50. The number of nitrogens with zero attached hydrogens (tertiary/aromatic N) is 3. The third-order valence-electron chi connectivity index (χ3n) is 5.68. The summed E-state index contributed by atoms with van der Waals surface area (Å²) in [5.41, 5.74) is 2.36. The zero-order valence-electron chi connectivity index (χ0n) is 18.0. The molecule has 1 fully saturated rings. The molecule has 0 saturated carbocycles. The van der Waals surface area contributed by atoms with Gasteiger partial charge in [0.25, 0.3) is 0 Å². The van der Waals surface area contributed by atoms with Crippen LogP contribution in [-0.2, 0) is 6.54 Å². The molecule has 1 atom stereocenters. The van der Waals surface area contributed by atoms with Gasteiger partial charge in [-0.25, -0.2) is 4.99 Å². The Kier molecular flexibility index (Phi) is 7.96. The first-order valence-corrected chi connectivity index (χ1v) is 11.0. The SMILES string of the molecule is CCNC(=NCc1cc(C(CC)CC)no1)NCC1CCN(c2ccccc2)C1. The van der Waals surface area contributed by atoms with Crippen LogP contribution >= 0.6 is 0 Å². The molecule has 1 saturated heterocycles. The molecule has 0 radical (unpaired) electrons. The van der Waals surface area contributed by atoms with Crippen LogP contribution in [0.1, 0.15) is 57.4 Å². The summed E-state index contributed by atoms with van der Waals surface area (Å²) in [6.45, 7) is 10.9. The predicted octanol–water partition coefficient (Wildman–Crippen LogP) is 4.16. The Morgan fingerprint density at radius 3 is 2.72 bits per heavy atom. The average Bonchev–Trinajstić information content (AvgIpc) is 3.42. The van der Waals surface area contributed by atoms with E-state index in [1.807, 2.05) is 0 Å². The Morgan fingerprint density at radius 2 is 2.00 bits per heavy atom. The molecule has 3 rings (SSSR count). The number of aromatic nitrogens is 1. The van der Waals surface area contributed by atoms with Crippen LogP contribution < -0.4 is 15.5 Å².